The monoisotopic (exact) mass is 907 g/mol. The van der Waals surface area contributed by atoms with Crippen LogP contribution in [0.1, 0.15) is 38.5 Å². The number of nitrogens with one attached hydrogen (secondary N) is 2. The Kier molecular flexibility index (Phi) is 16.2. The number of phenolic OH excluding ortho intramolecular Hbond substituents is 1. The van der Waals surface area contributed by atoms with E-state index in [0.717, 1.165) is 17.2 Å². The molecule has 3 heterocycles. The molecular formula is C31H40N7O19P3-4. The summed E-state index contributed by atoms with van der Waals surface area (Å²) in [6, 6.07) is 4.48. The number of aromatic hydroxyl groups is 1. The molecule has 2 amide bonds. The number of methoxy groups -OCH3 is 1. The van der Waals surface area contributed by atoms with Crippen LogP contribution in [-0.2, 0) is 50.7 Å². The Morgan fingerprint density at radius 1 is 1.05 bits per heavy atom. The highest BCUT2D eigenvalue weighted by Crippen LogP contribution is 2.56. The largest absolute Gasteiger partial charge is 0.790 e. The number of nitrogens with zero attached hydrogens (tertiary/aromatic N) is 4. The number of aliphatic hydroxyl groups excluding tert-OH is 2. The molecule has 0 radical (unpaired) electrons. The lowest BCUT2D eigenvalue weighted by Crippen LogP contribution is -2.46. The normalized spacial score (nSPS) is 21.0. The van der Waals surface area contributed by atoms with Crippen molar-refractivity contribution in [3.8, 4) is 11.5 Å². The van der Waals surface area contributed by atoms with Crippen LogP contribution in [0, 0.1) is 5.41 Å². The minimum atomic E-state index is -5.94. The Bertz CT molecular complexity index is 2200. The van der Waals surface area contributed by atoms with Gasteiger partial charge in [0.1, 0.15) is 36.3 Å². The average Bonchev–Trinajstić information content (AvgIpc) is 3.72. The molecule has 29 heteroatoms. The standard InChI is InChI=1S/C31H44N7O19P3/c1-31(2,26(43)29(44)34-11-9-22(41)33-10-8-18(39)6-4-17-5-7-19(40)20(12-17)52-3)14-54-60(50,51)57-59(48,49)53-13-21-25(56-58(45,46)47)24(42)30(55-21)38-16-37-23-27(32)35-15-36-28(23)38/h4-7,12,15-16,21,24-26,30,40,42-43H,8-11,13-14H2,1-3H3,(H,33,41)(H,34,44)(H,48,49)(H,50,51)(H2,32,35,36)(H2,45,46,47)/p-4/b6-4+. The predicted octanol–water partition coefficient (Wildman–Crippen LogP) is -2.74. The van der Waals surface area contributed by atoms with Gasteiger partial charge in [-0.1, -0.05) is 26.0 Å². The molecular weight excluding hydrogens is 867 g/mol. The molecule has 0 bridgehead atoms. The predicted molar refractivity (Wildman–Crippen MR) is 194 cm³/mol. The van der Waals surface area contributed by atoms with Gasteiger partial charge in [-0.2, -0.15) is 0 Å². The molecule has 1 aliphatic heterocycles. The molecule has 1 aliphatic rings. The number of aliphatic hydroxyl groups is 2. The number of hydrogen-bond acceptors (Lipinski definition) is 23. The fourth-order valence-electron chi connectivity index (χ4n) is 5.31. The van der Waals surface area contributed by atoms with Crippen molar-refractivity contribution in [1.29, 1.82) is 0 Å². The molecule has 1 fully saturated rings. The van der Waals surface area contributed by atoms with Crippen LogP contribution in [-0.4, -0.2) is 110 Å². The van der Waals surface area contributed by atoms with E-state index in [1.807, 2.05) is 0 Å². The zero-order valence-corrected chi connectivity index (χ0v) is 34.4. The number of nitrogens with two attached hydrogens (primary N) is 1. The van der Waals surface area contributed by atoms with Gasteiger partial charge in [0.15, 0.2) is 35.0 Å². The summed E-state index contributed by atoms with van der Waals surface area (Å²) >= 11 is 0. The number of fused-ring (bicyclic) bond motifs is 1. The quantitative estimate of drug-likeness (QED) is 0.0440. The van der Waals surface area contributed by atoms with E-state index in [1.54, 1.807) is 6.07 Å². The molecule has 7 atom stereocenters. The second-order valence-electron chi connectivity index (χ2n) is 13.5. The molecule has 0 spiro atoms. The number of rotatable bonds is 22. The summed E-state index contributed by atoms with van der Waals surface area (Å²) in [5, 5.41) is 35.8. The van der Waals surface area contributed by atoms with Crippen molar-refractivity contribution >= 4 is 64.1 Å². The lowest BCUT2D eigenvalue weighted by Gasteiger charge is -2.36. The number of phosphoric ester groups is 3. The van der Waals surface area contributed by atoms with E-state index in [4.69, 9.17) is 15.2 Å². The van der Waals surface area contributed by atoms with Crippen molar-refractivity contribution in [2.75, 3.05) is 39.1 Å². The number of aromatic nitrogens is 4. The van der Waals surface area contributed by atoms with Crippen LogP contribution in [0.4, 0.5) is 5.82 Å². The Morgan fingerprint density at radius 2 is 1.73 bits per heavy atom. The molecule has 0 saturated carbocycles. The second-order valence-corrected chi connectivity index (χ2v) is 17.5. The van der Waals surface area contributed by atoms with Gasteiger partial charge in [0.2, 0.25) is 11.8 Å². The van der Waals surface area contributed by atoms with E-state index in [9.17, 15) is 63.0 Å². The van der Waals surface area contributed by atoms with Gasteiger partial charge in [-0.05, 0) is 23.8 Å². The van der Waals surface area contributed by atoms with Crippen LogP contribution in [0.3, 0.4) is 0 Å². The van der Waals surface area contributed by atoms with Crippen LogP contribution in [0.25, 0.3) is 17.2 Å². The number of allylic oxidation sites excluding steroid dienone is 1. The maximum atomic E-state index is 12.6. The minimum absolute atomic E-state index is 0.0306. The van der Waals surface area contributed by atoms with Crippen molar-refractivity contribution in [1.82, 2.24) is 30.2 Å². The third kappa shape index (κ3) is 13.6. The van der Waals surface area contributed by atoms with Crippen molar-refractivity contribution in [3.63, 3.8) is 0 Å². The number of phosphoric acid groups is 3. The molecule has 0 aliphatic carbocycles. The summed E-state index contributed by atoms with van der Waals surface area (Å²) < 4.78 is 65.5. The highest BCUT2D eigenvalue weighted by Gasteiger charge is 2.47. The smallest absolute Gasteiger partial charge is 0.274 e. The van der Waals surface area contributed by atoms with Crippen molar-refractivity contribution in [2.24, 2.45) is 5.41 Å². The van der Waals surface area contributed by atoms with Gasteiger partial charge < -0.3 is 78.9 Å². The number of ketones is 1. The number of imidazole rings is 1. The molecule has 7 N–H and O–H groups in total. The Balaban J connectivity index is 1.22. The van der Waals surface area contributed by atoms with Gasteiger partial charge >= 0.3 is 0 Å². The van der Waals surface area contributed by atoms with E-state index in [2.05, 4.69) is 43.5 Å². The number of phenols is 1. The van der Waals surface area contributed by atoms with E-state index < -0.39 is 84.6 Å². The fourth-order valence-corrected chi connectivity index (χ4v) is 8.05. The molecule has 332 valence electrons. The Morgan fingerprint density at radius 3 is 2.42 bits per heavy atom. The van der Waals surface area contributed by atoms with Crippen LogP contribution < -0.4 is 40.7 Å². The number of ether oxygens (including phenoxy) is 2. The van der Waals surface area contributed by atoms with E-state index in [-0.39, 0.29) is 60.2 Å². The van der Waals surface area contributed by atoms with Crippen molar-refractivity contribution in [2.45, 2.75) is 57.3 Å². The van der Waals surface area contributed by atoms with Gasteiger partial charge in [-0.3, -0.25) is 28.1 Å². The second kappa shape index (κ2) is 20.1. The summed E-state index contributed by atoms with van der Waals surface area (Å²) in [5.74, 6) is -1.87. The number of nitrogen functional groups attached to an aromatic ring is 1. The number of carbonyl (C=O) groups excluding carboxylic acids is 3. The van der Waals surface area contributed by atoms with Gasteiger partial charge in [-0.15, -0.1) is 0 Å². The number of carbonyl (C=O) groups is 3. The summed E-state index contributed by atoms with van der Waals surface area (Å²) in [4.78, 5) is 96.4. The van der Waals surface area contributed by atoms with Gasteiger partial charge in [0.05, 0.1) is 34.5 Å². The third-order valence-corrected chi connectivity index (χ3v) is 11.4. The Labute approximate surface area is 340 Å². The first-order valence-corrected chi connectivity index (χ1v) is 21.7. The summed E-state index contributed by atoms with van der Waals surface area (Å²) in [6.07, 6.45) is -5.05. The van der Waals surface area contributed by atoms with Crippen LogP contribution in [0.15, 0.2) is 36.9 Å². The van der Waals surface area contributed by atoms with Gasteiger partial charge in [0.25, 0.3) is 15.6 Å². The highest BCUT2D eigenvalue weighted by molar-refractivity contribution is 7.59. The fraction of sp³-hybridized carbons (Fsp3) is 0.484. The highest BCUT2D eigenvalue weighted by atomic mass is 31.3. The average molecular weight is 908 g/mol. The molecule has 1 aromatic carbocycles. The maximum absolute atomic E-state index is 12.6. The molecule has 3 aromatic rings. The molecule has 26 nitrogen and oxygen atoms in total. The third-order valence-electron chi connectivity index (χ3n) is 8.41. The first-order valence-electron chi connectivity index (χ1n) is 17.3. The maximum Gasteiger partial charge on any atom is 0.274 e. The number of benzene rings is 1. The molecule has 4 rings (SSSR count). The first-order chi connectivity index (χ1) is 27.9. The van der Waals surface area contributed by atoms with Crippen molar-refractivity contribution < 1.29 is 90.3 Å². The zero-order chi connectivity index (χ0) is 44.6. The van der Waals surface area contributed by atoms with Gasteiger partial charge in [-0.25, -0.2) is 19.3 Å². The van der Waals surface area contributed by atoms with Crippen molar-refractivity contribution in [3.05, 3.63) is 42.5 Å². The zero-order valence-electron chi connectivity index (χ0n) is 31.8. The van der Waals surface area contributed by atoms with E-state index >= 15 is 0 Å². The molecule has 1 saturated heterocycles. The van der Waals surface area contributed by atoms with Crippen LogP contribution >= 0.6 is 23.5 Å². The molecule has 60 heavy (non-hydrogen) atoms. The van der Waals surface area contributed by atoms with Crippen LogP contribution in [0.2, 0.25) is 0 Å². The molecule has 7 unspecified atom stereocenters. The van der Waals surface area contributed by atoms with Gasteiger partial charge in [0, 0.05) is 31.3 Å². The lowest BCUT2D eigenvalue weighted by atomic mass is 9.87. The SMILES string of the molecule is COc1cc(/C=C/C(=O)CCNC(=O)CCNC(=O)C(O)C(C)(C)COP(=O)([O-])OP(=O)([O-])OCC2OC(n3cnc4c(N)ncnc43)C(O)C2OP(=O)([O-])[O-])ccc1O. The summed E-state index contributed by atoms with van der Waals surface area (Å²) in [6.45, 7) is -0.277. The number of anilines is 1. The molecule has 2 aromatic heterocycles. The topological polar surface area (TPSA) is 404 Å². The van der Waals surface area contributed by atoms with Crippen LogP contribution in [0.5, 0.6) is 11.5 Å². The number of amides is 2. The number of hydrogen-bond donors (Lipinski definition) is 6. The first kappa shape index (κ1) is 48.4. The minimum Gasteiger partial charge on any atom is -0.790 e. The summed E-state index contributed by atoms with van der Waals surface area (Å²) in [7, 11) is -16.3. The summed E-state index contributed by atoms with van der Waals surface area (Å²) in [5.41, 5.74) is 4.60. The van der Waals surface area contributed by atoms with E-state index in [0.29, 0.717) is 5.56 Å². The lowest BCUT2D eigenvalue weighted by molar-refractivity contribution is -0.347. The Hall–Kier alpha value is -4.23. The van der Waals surface area contributed by atoms with E-state index in [1.165, 1.54) is 45.2 Å².